The molecule has 2 aliphatic carbocycles. The number of fused-ring (bicyclic) bond motifs is 3. The van der Waals surface area contributed by atoms with Crippen LogP contribution in [0.25, 0.3) is 0 Å². The lowest BCUT2D eigenvalue weighted by Crippen LogP contribution is -2.68. The fraction of sp³-hybridized carbons (Fsp3) is 0.857. The summed E-state index contributed by atoms with van der Waals surface area (Å²) in [6.45, 7) is 9.99. The molecule has 0 amide bonds. The minimum absolute atomic E-state index is 0.102. The van der Waals surface area contributed by atoms with Crippen LogP contribution in [0.15, 0.2) is 12.7 Å². The number of hydrogen-bond donors (Lipinski definition) is 2. The zero-order valence-electron chi connectivity index (χ0n) is 16.6. The summed E-state index contributed by atoms with van der Waals surface area (Å²) < 4.78 is 11.6. The summed E-state index contributed by atoms with van der Waals surface area (Å²) in [6, 6.07) is 0. The number of carbonyl (C=O) groups is 1. The Bertz CT molecular complexity index is 591. The van der Waals surface area contributed by atoms with Gasteiger partial charge < -0.3 is 19.7 Å². The normalized spacial score (nSPS) is 51.1. The molecule has 3 rings (SSSR count). The Kier molecular flexibility index (Phi) is 4.82. The Balaban J connectivity index is 2.02. The van der Waals surface area contributed by atoms with Crippen molar-refractivity contribution in [1.82, 2.24) is 0 Å². The van der Waals surface area contributed by atoms with Gasteiger partial charge in [0.2, 0.25) is 0 Å². The van der Waals surface area contributed by atoms with Crippen molar-refractivity contribution in [3.05, 3.63) is 12.7 Å². The van der Waals surface area contributed by atoms with Crippen LogP contribution in [0.5, 0.6) is 0 Å². The highest BCUT2D eigenvalue weighted by molar-refractivity contribution is 5.77. The molecular weight excluding hydrogens is 332 g/mol. The highest BCUT2D eigenvalue weighted by Gasteiger charge is 2.67. The maximum absolute atomic E-state index is 12.7. The minimum atomic E-state index is -0.742. The second kappa shape index (κ2) is 6.32. The second-order valence-corrected chi connectivity index (χ2v) is 9.45. The number of carbonyl (C=O) groups excluding carboxylic acids is 1. The van der Waals surface area contributed by atoms with Crippen LogP contribution in [0.1, 0.15) is 59.3 Å². The third-order valence-corrected chi connectivity index (χ3v) is 7.92. The van der Waals surface area contributed by atoms with Gasteiger partial charge in [-0.05, 0) is 50.9 Å². The van der Waals surface area contributed by atoms with Crippen molar-refractivity contribution in [2.24, 2.45) is 22.7 Å². The van der Waals surface area contributed by atoms with Gasteiger partial charge >= 0.3 is 5.97 Å². The van der Waals surface area contributed by atoms with E-state index >= 15 is 0 Å². The number of rotatable bonds is 3. The predicted octanol–water partition coefficient (Wildman–Crippen LogP) is 2.84. The van der Waals surface area contributed by atoms with Crippen LogP contribution >= 0.6 is 0 Å². The van der Waals surface area contributed by atoms with E-state index in [-0.39, 0.29) is 29.8 Å². The molecule has 1 saturated heterocycles. The Morgan fingerprint density at radius 3 is 2.58 bits per heavy atom. The van der Waals surface area contributed by atoms with Gasteiger partial charge in [-0.25, -0.2) is 0 Å². The molecule has 3 fully saturated rings. The summed E-state index contributed by atoms with van der Waals surface area (Å²) in [7, 11) is 1.43. The van der Waals surface area contributed by atoms with E-state index in [0.29, 0.717) is 12.8 Å². The van der Waals surface area contributed by atoms with E-state index in [1.54, 1.807) is 6.08 Å². The molecule has 7 atom stereocenters. The number of ether oxygens (including phenoxy) is 2. The largest absolute Gasteiger partial charge is 0.469 e. The van der Waals surface area contributed by atoms with Crippen LogP contribution in [-0.4, -0.2) is 47.2 Å². The Morgan fingerprint density at radius 2 is 2.00 bits per heavy atom. The standard InChI is InChI=1S/C21H34O5/c1-6-21(13-22)11-8-15-18(2)9-7-10-19(3,17(24)25-5)16(18)14(23)12-20(15,4)26-21/h6,14-16,22-23H,1,7-13H2,2-5H3/t14-,15+,16+,18-,19-,20-,21-/m0/s1. The first-order valence-electron chi connectivity index (χ1n) is 9.82. The van der Waals surface area contributed by atoms with Crippen LogP contribution in [0.3, 0.4) is 0 Å². The third-order valence-electron chi connectivity index (χ3n) is 7.92. The minimum Gasteiger partial charge on any atom is -0.469 e. The summed E-state index contributed by atoms with van der Waals surface area (Å²) in [5, 5.41) is 21.1. The Hall–Kier alpha value is -0.910. The fourth-order valence-corrected chi connectivity index (χ4v) is 6.94. The molecule has 26 heavy (non-hydrogen) atoms. The lowest BCUT2D eigenvalue weighted by atomic mass is 9.43. The molecule has 148 valence electrons. The average molecular weight is 366 g/mol. The van der Waals surface area contributed by atoms with Crippen LogP contribution in [-0.2, 0) is 14.3 Å². The summed E-state index contributed by atoms with van der Waals surface area (Å²) in [5.41, 5.74) is -2.18. The van der Waals surface area contributed by atoms with Crippen molar-refractivity contribution in [3.63, 3.8) is 0 Å². The SMILES string of the molecule is C=C[C@@]1(CO)CC[C@@H]2[C@]3(C)CCC[C@](C)(C(=O)OC)[C@@H]3[C@@H](O)C[C@]2(C)O1. The molecule has 1 aliphatic heterocycles. The van der Waals surface area contributed by atoms with Crippen LogP contribution in [0, 0.1) is 22.7 Å². The molecular formula is C21H34O5. The van der Waals surface area contributed by atoms with Gasteiger partial charge in [0.1, 0.15) is 5.60 Å². The maximum atomic E-state index is 12.7. The molecule has 5 heteroatoms. The summed E-state index contributed by atoms with van der Waals surface area (Å²) in [6.07, 6.45) is 5.75. The molecule has 0 bridgehead atoms. The molecule has 3 aliphatic rings. The van der Waals surface area contributed by atoms with Crippen LogP contribution in [0.4, 0.5) is 0 Å². The Labute approximate surface area is 156 Å². The van der Waals surface area contributed by atoms with Crippen molar-refractivity contribution in [3.8, 4) is 0 Å². The third kappa shape index (κ3) is 2.58. The zero-order valence-corrected chi connectivity index (χ0v) is 16.6. The summed E-state index contributed by atoms with van der Waals surface area (Å²) in [4.78, 5) is 12.7. The quantitative estimate of drug-likeness (QED) is 0.593. The van der Waals surface area contributed by atoms with Gasteiger partial charge in [-0.3, -0.25) is 4.79 Å². The first-order valence-corrected chi connectivity index (χ1v) is 9.82. The number of hydrogen-bond acceptors (Lipinski definition) is 5. The number of methoxy groups -OCH3 is 1. The van der Waals surface area contributed by atoms with E-state index in [0.717, 1.165) is 25.7 Å². The van der Waals surface area contributed by atoms with Gasteiger partial charge in [0.15, 0.2) is 0 Å². The van der Waals surface area contributed by atoms with E-state index in [1.165, 1.54) is 7.11 Å². The first kappa shape index (κ1) is 19.8. The molecule has 0 unspecified atom stereocenters. The Morgan fingerprint density at radius 1 is 1.31 bits per heavy atom. The highest BCUT2D eigenvalue weighted by Crippen LogP contribution is 2.65. The van der Waals surface area contributed by atoms with Crippen molar-refractivity contribution in [2.75, 3.05) is 13.7 Å². The summed E-state index contributed by atoms with van der Waals surface area (Å²) >= 11 is 0. The molecule has 0 spiro atoms. The zero-order chi connectivity index (χ0) is 19.4. The molecule has 2 N–H and O–H groups in total. The number of esters is 1. The molecule has 0 radical (unpaired) electrons. The molecule has 2 saturated carbocycles. The number of aliphatic hydroxyl groups excluding tert-OH is 2. The van der Waals surface area contributed by atoms with Gasteiger partial charge in [0.25, 0.3) is 0 Å². The lowest BCUT2D eigenvalue weighted by molar-refractivity contribution is -0.286. The molecule has 0 aromatic carbocycles. The average Bonchev–Trinajstić information content (AvgIpc) is 2.59. The van der Waals surface area contributed by atoms with Gasteiger partial charge in [0, 0.05) is 12.3 Å². The van der Waals surface area contributed by atoms with Crippen molar-refractivity contribution in [2.45, 2.75) is 76.6 Å². The van der Waals surface area contributed by atoms with E-state index < -0.39 is 22.7 Å². The van der Waals surface area contributed by atoms with E-state index in [2.05, 4.69) is 20.4 Å². The first-order chi connectivity index (χ1) is 12.1. The van der Waals surface area contributed by atoms with E-state index in [9.17, 15) is 15.0 Å². The maximum Gasteiger partial charge on any atom is 0.311 e. The van der Waals surface area contributed by atoms with Gasteiger partial charge in [-0.15, -0.1) is 6.58 Å². The highest BCUT2D eigenvalue weighted by atomic mass is 16.5. The van der Waals surface area contributed by atoms with E-state index in [4.69, 9.17) is 9.47 Å². The van der Waals surface area contributed by atoms with Crippen molar-refractivity contribution in [1.29, 1.82) is 0 Å². The molecule has 0 aromatic rings. The smallest absolute Gasteiger partial charge is 0.311 e. The second-order valence-electron chi connectivity index (χ2n) is 9.45. The number of aliphatic hydroxyl groups is 2. The van der Waals surface area contributed by atoms with Crippen molar-refractivity contribution < 1.29 is 24.5 Å². The molecule has 1 heterocycles. The van der Waals surface area contributed by atoms with E-state index in [1.807, 2.05) is 6.92 Å². The molecule has 0 aromatic heterocycles. The topological polar surface area (TPSA) is 76.0 Å². The lowest BCUT2D eigenvalue weighted by Gasteiger charge is -2.66. The van der Waals surface area contributed by atoms with Crippen LogP contribution in [0.2, 0.25) is 0 Å². The van der Waals surface area contributed by atoms with Gasteiger partial charge in [0.05, 0.1) is 30.8 Å². The van der Waals surface area contributed by atoms with Gasteiger partial charge in [-0.2, -0.15) is 0 Å². The van der Waals surface area contributed by atoms with Crippen LogP contribution < -0.4 is 0 Å². The summed E-state index contributed by atoms with van der Waals surface area (Å²) in [5.74, 6) is -0.154. The predicted molar refractivity (Wildman–Crippen MR) is 98.4 cm³/mol. The van der Waals surface area contributed by atoms with Crippen molar-refractivity contribution >= 4 is 5.97 Å². The van der Waals surface area contributed by atoms with Gasteiger partial charge in [-0.1, -0.05) is 19.4 Å². The monoisotopic (exact) mass is 366 g/mol. The fourth-order valence-electron chi connectivity index (χ4n) is 6.94. The molecule has 5 nitrogen and oxygen atoms in total.